The van der Waals surface area contributed by atoms with Crippen LogP contribution in [0, 0.1) is 16.7 Å². The van der Waals surface area contributed by atoms with Crippen LogP contribution in [0.25, 0.3) is 0 Å². The van der Waals surface area contributed by atoms with E-state index in [0.29, 0.717) is 43.8 Å². The molecule has 150 valence electrons. The number of carbonyl (C=O) groups is 1. The Hall–Kier alpha value is -1.91. The number of hydrogen-bond acceptors (Lipinski definition) is 4. The van der Waals surface area contributed by atoms with Gasteiger partial charge in [-0.05, 0) is 55.9 Å². The van der Waals surface area contributed by atoms with Gasteiger partial charge in [-0.15, -0.1) is 0 Å². The predicted molar refractivity (Wildman–Crippen MR) is 106 cm³/mol. The van der Waals surface area contributed by atoms with Crippen molar-refractivity contribution in [2.75, 3.05) is 24.5 Å². The van der Waals surface area contributed by atoms with E-state index in [1.54, 1.807) is 27.4 Å². The topological polar surface area (TPSA) is 81.5 Å². The van der Waals surface area contributed by atoms with Crippen molar-refractivity contribution in [3.63, 3.8) is 0 Å². The standard InChI is InChI=1S/C21H27N3O3S/c22-16-21(10-3-1-4-11-21)20(25)24-14-9-17-15-18(7-8-19(17)24)28(26,27)23-12-5-2-6-13-23/h7-8,15H,1-6,9-14H2. The third kappa shape index (κ3) is 3.23. The molecule has 4 rings (SSSR count). The van der Waals surface area contributed by atoms with Gasteiger partial charge in [0.2, 0.25) is 15.9 Å². The summed E-state index contributed by atoms with van der Waals surface area (Å²) >= 11 is 0. The van der Waals surface area contributed by atoms with Gasteiger partial charge in [-0.3, -0.25) is 4.79 Å². The molecule has 0 unspecified atom stereocenters. The van der Waals surface area contributed by atoms with Crippen molar-refractivity contribution in [1.82, 2.24) is 4.31 Å². The van der Waals surface area contributed by atoms with Crippen molar-refractivity contribution < 1.29 is 13.2 Å². The summed E-state index contributed by atoms with van der Waals surface area (Å²) in [4.78, 5) is 15.2. The normalized spacial score (nSPS) is 22.5. The number of sulfonamides is 1. The molecular formula is C21H27N3O3S. The van der Waals surface area contributed by atoms with Crippen molar-refractivity contribution in [2.24, 2.45) is 5.41 Å². The Balaban J connectivity index is 1.60. The largest absolute Gasteiger partial charge is 0.310 e. The Morgan fingerprint density at radius 2 is 1.68 bits per heavy atom. The highest BCUT2D eigenvalue weighted by molar-refractivity contribution is 7.89. The van der Waals surface area contributed by atoms with E-state index in [2.05, 4.69) is 6.07 Å². The second kappa shape index (κ2) is 7.49. The zero-order valence-electron chi connectivity index (χ0n) is 16.2. The summed E-state index contributed by atoms with van der Waals surface area (Å²) in [7, 11) is -3.48. The number of hydrogen-bond donors (Lipinski definition) is 0. The molecule has 2 fully saturated rings. The van der Waals surface area contributed by atoms with Crippen molar-refractivity contribution in [3.05, 3.63) is 23.8 Å². The molecule has 1 saturated heterocycles. The third-order valence-electron chi connectivity index (χ3n) is 6.47. The van der Waals surface area contributed by atoms with Crippen LogP contribution in [0.1, 0.15) is 56.9 Å². The first-order chi connectivity index (χ1) is 13.5. The minimum absolute atomic E-state index is 0.111. The fraction of sp³-hybridized carbons (Fsp3) is 0.619. The SMILES string of the molecule is N#CC1(C(=O)N2CCc3cc(S(=O)(=O)N4CCCCC4)ccc32)CCCCC1. The molecular weight excluding hydrogens is 374 g/mol. The number of rotatable bonds is 3. The molecule has 3 aliphatic rings. The molecule has 1 aromatic carbocycles. The van der Waals surface area contributed by atoms with E-state index in [9.17, 15) is 18.5 Å². The first-order valence-electron chi connectivity index (χ1n) is 10.3. The van der Waals surface area contributed by atoms with Gasteiger partial charge in [0.15, 0.2) is 0 Å². The van der Waals surface area contributed by atoms with Gasteiger partial charge in [0, 0.05) is 25.3 Å². The maximum absolute atomic E-state index is 13.2. The van der Waals surface area contributed by atoms with Gasteiger partial charge in [-0.1, -0.05) is 25.7 Å². The lowest BCUT2D eigenvalue weighted by atomic mass is 9.74. The monoisotopic (exact) mass is 401 g/mol. The van der Waals surface area contributed by atoms with Crippen molar-refractivity contribution in [3.8, 4) is 6.07 Å². The summed E-state index contributed by atoms with van der Waals surface area (Å²) < 4.78 is 27.5. The molecule has 0 bridgehead atoms. The summed E-state index contributed by atoms with van der Waals surface area (Å²) in [5, 5.41) is 9.73. The zero-order chi connectivity index (χ0) is 19.8. The highest BCUT2D eigenvalue weighted by Gasteiger charge is 2.44. The van der Waals surface area contributed by atoms with Crippen LogP contribution in [-0.2, 0) is 21.2 Å². The number of piperidine rings is 1. The van der Waals surface area contributed by atoms with Crippen molar-refractivity contribution in [1.29, 1.82) is 5.26 Å². The van der Waals surface area contributed by atoms with E-state index in [-0.39, 0.29) is 5.91 Å². The van der Waals surface area contributed by atoms with Crippen molar-refractivity contribution in [2.45, 2.75) is 62.7 Å². The fourth-order valence-corrected chi connectivity index (χ4v) is 6.36. The molecule has 1 aliphatic carbocycles. The molecule has 0 spiro atoms. The smallest absolute Gasteiger partial charge is 0.247 e. The van der Waals surface area contributed by atoms with Crippen LogP contribution < -0.4 is 4.90 Å². The predicted octanol–water partition coefficient (Wildman–Crippen LogP) is 3.22. The maximum Gasteiger partial charge on any atom is 0.247 e. The van der Waals surface area contributed by atoms with Crippen LogP contribution in [0.4, 0.5) is 5.69 Å². The lowest BCUT2D eigenvalue weighted by molar-refractivity contribution is -0.126. The van der Waals surface area contributed by atoms with Crippen LogP contribution in [-0.4, -0.2) is 38.3 Å². The first kappa shape index (κ1) is 19.4. The molecule has 0 radical (unpaired) electrons. The third-order valence-corrected chi connectivity index (χ3v) is 8.37. The van der Waals surface area contributed by atoms with Gasteiger partial charge >= 0.3 is 0 Å². The highest BCUT2D eigenvalue weighted by atomic mass is 32.2. The lowest BCUT2D eigenvalue weighted by Crippen LogP contribution is -2.43. The van der Waals surface area contributed by atoms with Crippen LogP contribution in [0.2, 0.25) is 0 Å². The molecule has 7 heteroatoms. The van der Waals surface area contributed by atoms with Crippen LogP contribution in [0.3, 0.4) is 0 Å². The van der Waals surface area contributed by atoms with E-state index in [4.69, 9.17) is 0 Å². The lowest BCUT2D eigenvalue weighted by Gasteiger charge is -2.33. The van der Waals surface area contributed by atoms with E-state index in [1.165, 1.54) is 0 Å². The number of benzene rings is 1. The summed E-state index contributed by atoms with van der Waals surface area (Å²) in [5.41, 5.74) is 0.733. The number of anilines is 1. The van der Waals surface area contributed by atoms with Crippen molar-refractivity contribution >= 4 is 21.6 Å². The minimum Gasteiger partial charge on any atom is -0.310 e. The van der Waals surface area contributed by atoms with Gasteiger partial charge in [0.25, 0.3) is 0 Å². The van der Waals surface area contributed by atoms with Gasteiger partial charge in [-0.2, -0.15) is 9.57 Å². The Labute approximate surface area is 167 Å². The van der Waals surface area contributed by atoms with Gasteiger partial charge < -0.3 is 4.90 Å². The minimum atomic E-state index is -3.48. The first-order valence-corrected chi connectivity index (χ1v) is 11.8. The van der Waals surface area contributed by atoms with E-state index < -0.39 is 15.4 Å². The van der Waals surface area contributed by atoms with E-state index >= 15 is 0 Å². The van der Waals surface area contributed by atoms with Crippen LogP contribution in [0.15, 0.2) is 23.1 Å². The average Bonchev–Trinajstić information content (AvgIpc) is 3.17. The number of carbonyl (C=O) groups excluding carboxylic acids is 1. The molecule has 2 heterocycles. The number of fused-ring (bicyclic) bond motifs is 1. The molecule has 2 aliphatic heterocycles. The zero-order valence-corrected chi connectivity index (χ0v) is 17.0. The van der Waals surface area contributed by atoms with Crippen LogP contribution in [0.5, 0.6) is 0 Å². The summed E-state index contributed by atoms with van der Waals surface area (Å²) in [5.74, 6) is -0.111. The summed E-state index contributed by atoms with van der Waals surface area (Å²) in [6.07, 6.45) is 7.65. The maximum atomic E-state index is 13.2. The van der Waals surface area contributed by atoms with Gasteiger partial charge in [0.05, 0.1) is 11.0 Å². The quantitative estimate of drug-likeness (QED) is 0.779. The molecule has 1 aromatic rings. The Bertz CT molecular complexity index is 907. The molecule has 0 aromatic heterocycles. The van der Waals surface area contributed by atoms with Gasteiger partial charge in [0.1, 0.15) is 5.41 Å². The Morgan fingerprint density at radius 1 is 1.00 bits per heavy atom. The molecule has 1 amide bonds. The second-order valence-electron chi connectivity index (χ2n) is 8.22. The van der Waals surface area contributed by atoms with Gasteiger partial charge in [-0.25, -0.2) is 8.42 Å². The summed E-state index contributed by atoms with van der Waals surface area (Å²) in [6.45, 7) is 1.67. The number of nitrogens with zero attached hydrogens (tertiary/aromatic N) is 3. The van der Waals surface area contributed by atoms with E-state index in [1.807, 2.05) is 0 Å². The Morgan fingerprint density at radius 3 is 2.36 bits per heavy atom. The van der Waals surface area contributed by atoms with Crippen LogP contribution >= 0.6 is 0 Å². The average molecular weight is 402 g/mol. The fourth-order valence-electron chi connectivity index (χ4n) is 4.79. The molecule has 0 atom stereocenters. The van der Waals surface area contributed by atoms with E-state index in [0.717, 1.165) is 49.8 Å². The highest BCUT2D eigenvalue weighted by Crippen LogP contribution is 2.41. The molecule has 1 saturated carbocycles. The number of nitriles is 1. The number of amides is 1. The molecule has 28 heavy (non-hydrogen) atoms. The molecule has 6 nitrogen and oxygen atoms in total. The Kier molecular flexibility index (Phi) is 5.19. The second-order valence-corrected chi connectivity index (χ2v) is 10.2. The summed E-state index contributed by atoms with van der Waals surface area (Å²) in [6, 6.07) is 7.41. The molecule has 0 N–H and O–H groups in total.